The molecular formula is C17H35NOS. The van der Waals surface area contributed by atoms with Crippen molar-refractivity contribution in [3.8, 4) is 0 Å². The minimum atomic E-state index is -0.779. The van der Waals surface area contributed by atoms with E-state index in [0.717, 1.165) is 12.8 Å². The third kappa shape index (κ3) is 6.26. The van der Waals surface area contributed by atoms with Crippen LogP contribution in [0.25, 0.3) is 0 Å². The van der Waals surface area contributed by atoms with E-state index >= 15 is 0 Å². The van der Waals surface area contributed by atoms with E-state index in [2.05, 4.69) is 20.8 Å². The molecule has 0 heterocycles. The van der Waals surface area contributed by atoms with Crippen LogP contribution in [0.1, 0.15) is 85.0 Å². The third-order valence-electron chi connectivity index (χ3n) is 4.86. The monoisotopic (exact) mass is 301 g/mol. The number of nitrogens with two attached hydrogens (primary N) is 1. The number of hydrogen-bond acceptors (Lipinski definition) is 2. The molecule has 1 rings (SSSR count). The lowest BCUT2D eigenvalue weighted by Crippen LogP contribution is -2.41. The second kappa shape index (κ2) is 9.94. The SMILES string of the molecule is CC(C)C(C)S(=O)C1CCCCCCCCCCC1N. The van der Waals surface area contributed by atoms with E-state index in [9.17, 15) is 4.21 Å². The Morgan fingerprint density at radius 3 is 1.80 bits per heavy atom. The average Bonchev–Trinajstić information content (AvgIpc) is 2.41. The first-order valence-corrected chi connectivity index (χ1v) is 9.96. The van der Waals surface area contributed by atoms with Gasteiger partial charge in [0.05, 0.1) is 5.25 Å². The van der Waals surface area contributed by atoms with Crippen molar-refractivity contribution >= 4 is 10.8 Å². The zero-order valence-electron chi connectivity index (χ0n) is 13.8. The van der Waals surface area contributed by atoms with Gasteiger partial charge in [-0.25, -0.2) is 0 Å². The summed E-state index contributed by atoms with van der Waals surface area (Å²) in [6, 6.07) is 0.136. The molecule has 1 fully saturated rings. The second-order valence-corrected chi connectivity index (χ2v) is 8.89. The molecule has 1 saturated carbocycles. The summed E-state index contributed by atoms with van der Waals surface area (Å²) in [4.78, 5) is 0. The van der Waals surface area contributed by atoms with Crippen molar-refractivity contribution < 1.29 is 4.21 Å². The van der Waals surface area contributed by atoms with Crippen molar-refractivity contribution in [3.63, 3.8) is 0 Å². The van der Waals surface area contributed by atoms with Gasteiger partial charge < -0.3 is 5.73 Å². The van der Waals surface area contributed by atoms with Gasteiger partial charge in [0.2, 0.25) is 0 Å². The molecule has 0 spiro atoms. The van der Waals surface area contributed by atoms with Crippen LogP contribution in [0, 0.1) is 5.92 Å². The first-order valence-electron chi connectivity index (χ1n) is 8.69. The zero-order chi connectivity index (χ0) is 15.0. The molecule has 120 valence electrons. The molecule has 3 heteroatoms. The van der Waals surface area contributed by atoms with E-state index in [1.54, 1.807) is 0 Å². The Morgan fingerprint density at radius 1 is 0.850 bits per heavy atom. The molecule has 0 aromatic carbocycles. The Morgan fingerprint density at radius 2 is 1.30 bits per heavy atom. The molecule has 4 atom stereocenters. The smallest absolute Gasteiger partial charge is 0.0501 e. The molecule has 0 aromatic rings. The normalized spacial score (nSPS) is 30.2. The van der Waals surface area contributed by atoms with Gasteiger partial charge in [0, 0.05) is 22.1 Å². The zero-order valence-corrected chi connectivity index (χ0v) is 14.6. The van der Waals surface area contributed by atoms with Crippen LogP contribution < -0.4 is 5.73 Å². The molecule has 0 aromatic heterocycles. The molecule has 1 aliphatic carbocycles. The summed E-state index contributed by atoms with van der Waals surface area (Å²) in [5, 5.41) is 0.478. The summed E-state index contributed by atoms with van der Waals surface area (Å²) in [6.45, 7) is 6.47. The summed E-state index contributed by atoms with van der Waals surface area (Å²) < 4.78 is 12.8. The maximum atomic E-state index is 12.8. The third-order valence-corrected chi connectivity index (χ3v) is 7.32. The van der Waals surface area contributed by atoms with E-state index in [-0.39, 0.29) is 16.5 Å². The lowest BCUT2D eigenvalue weighted by atomic mass is 9.98. The fourth-order valence-electron chi connectivity index (χ4n) is 3.02. The van der Waals surface area contributed by atoms with Crippen LogP contribution in [-0.2, 0) is 10.8 Å². The summed E-state index contributed by atoms with van der Waals surface area (Å²) in [5.74, 6) is 0.476. The van der Waals surface area contributed by atoms with E-state index < -0.39 is 10.8 Å². The molecule has 4 unspecified atom stereocenters. The van der Waals surface area contributed by atoms with Crippen molar-refractivity contribution in [2.75, 3.05) is 0 Å². The standard InChI is InChI=1S/C17H35NOS/c1-14(2)15(3)20(19)17-13-11-9-7-5-4-6-8-10-12-16(17)18/h14-17H,4-13,18H2,1-3H3. The van der Waals surface area contributed by atoms with Gasteiger partial charge >= 0.3 is 0 Å². The largest absolute Gasteiger partial charge is 0.327 e. The van der Waals surface area contributed by atoms with Gasteiger partial charge in [-0.15, -0.1) is 0 Å². The van der Waals surface area contributed by atoms with Gasteiger partial charge in [0.25, 0.3) is 0 Å². The summed E-state index contributed by atoms with van der Waals surface area (Å²) >= 11 is 0. The van der Waals surface area contributed by atoms with Gasteiger partial charge in [-0.1, -0.05) is 72.1 Å². The van der Waals surface area contributed by atoms with Crippen molar-refractivity contribution in [2.24, 2.45) is 11.7 Å². The summed E-state index contributed by atoms with van der Waals surface area (Å²) in [6.07, 6.45) is 12.6. The Kier molecular flexibility index (Phi) is 9.03. The summed E-state index contributed by atoms with van der Waals surface area (Å²) in [7, 11) is -0.779. The van der Waals surface area contributed by atoms with Crippen molar-refractivity contribution in [2.45, 2.75) is 102 Å². The second-order valence-electron chi connectivity index (χ2n) is 6.89. The van der Waals surface area contributed by atoms with Crippen molar-refractivity contribution in [1.29, 1.82) is 0 Å². The predicted octanol–water partition coefficient (Wildman–Crippen LogP) is 4.39. The molecule has 0 amide bonds. The highest BCUT2D eigenvalue weighted by atomic mass is 32.2. The van der Waals surface area contributed by atoms with Crippen molar-refractivity contribution in [1.82, 2.24) is 0 Å². The molecule has 2 nitrogen and oxygen atoms in total. The first-order chi connectivity index (χ1) is 9.54. The molecule has 20 heavy (non-hydrogen) atoms. The lowest BCUT2D eigenvalue weighted by Gasteiger charge is -2.28. The van der Waals surface area contributed by atoms with E-state index in [1.807, 2.05) is 0 Å². The van der Waals surface area contributed by atoms with Crippen LogP contribution in [0.4, 0.5) is 0 Å². The fourth-order valence-corrected chi connectivity index (χ4v) is 4.99. The van der Waals surface area contributed by atoms with Gasteiger partial charge in [-0.05, 0) is 18.8 Å². The van der Waals surface area contributed by atoms with Crippen LogP contribution in [0.2, 0.25) is 0 Å². The molecule has 0 aliphatic heterocycles. The Balaban J connectivity index is 2.62. The van der Waals surface area contributed by atoms with E-state index in [1.165, 1.54) is 51.4 Å². The van der Waals surface area contributed by atoms with Gasteiger partial charge in [-0.3, -0.25) is 4.21 Å². The predicted molar refractivity (Wildman–Crippen MR) is 90.4 cm³/mol. The van der Waals surface area contributed by atoms with E-state index in [0.29, 0.717) is 5.92 Å². The van der Waals surface area contributed by atoms with Crippen LogP contribution in [0.15, 0.2) is 0 Å². The highest BCUT2D eigenvalue weighted by molar-refractivity contribution is 7.86. The van der Waals surface area contributed by atoms with Crippen LogP contribution in [0.3, 0.4) is 0 Å². The highest BCUT2D eigenvalue weighted by Gasteiger charge is 2.28. The van der Waals surface area contributed by atoms with E-state index in [4.69, 9.17) is 5.73 Å². The van der Waals surface area contributed by atoms with Crippen LogP contribution in [-0.4, -0.2) is 20.8 Å². The Labute approximate surface area is 128 Å². The molecule has 2 N–H and O–H groups in total. The molecule has 0 bridgehead atoms. The van der Waals surface area contributed by atoms with Gasteiger partial charge in [0.1, 0.15) is 0 Å². The van der Waals surface area contributed by atoms with Gasteiger partial charge in [0.15, 0.2) is 0 Å². The van der Waals surface area contributed by atoms with Gasteiger partial charge in [-0.2, -0.15) is 0 Å². The average molecular weight is 302 g/mol. The minimum Gasteiger partial charge on any atom is -0.327 e. The lowest BCUT2D eigenvalue weighted by molar-refractivity contribution is 0.463. The van der Waals surface area contributed by atoms with Crippen LogP contribution >= 0.6 is 0 Å². The molecule has 1 aliphatic rings. The minimum absolute atomic E-state index is 0.136. The number of hydrogen-bond donors (Lipinski definition) is 1. The summed E-state index contributed by atoms with van der Waals surface area (Å²) in [5.41, 5.74) is 6.40. The quantitative estimate of drug-likeness (QED) is 0.840. The molecule has 0 saturated heterocycles. The number of rotatable bonds is 3. The topological polar surface area (TPSA) is 43.1 Å². The molecular weight excluding hydrogens is 266 g/mol. The first kappa shape index (κ1) is 18.2. The maximum Gasteiger partial charge on any atom is 0.0501 e. The molecule has 0 radical (unpaired) electrons. The fraction of sp³-hybridized carbons (Fsp3) is 1.00. The maximum absolute atomic E-state index is 12.8. The Hall–Kier alpha value is 0.110. The van der Waals surface area contributed by atoms with Crippen LogP contribution in [0.5, 0.6) is 0 Å². The Bertz CT molecular complexity index is 280. The van der Waals surface area contributed by atoms with Crippen molar-refractivity contribution in [3.05, 3.63) is 0 Å². The highest BCUT2D eigenvalue weighted by Crippen LogP contribution is 2.23.